The van der Waals surface area contributed by atoms with Gasteiger partial charge >= 0.3 is 0 Å². The van der Waals surface area contributed by atoms with Crippen LogP contribution in [0, 0.1) is 5.92 Å². The van der Waals surface area contributed by atoms with Crippen LogP contribution in [0.5, 0.6) is 5.75 Å². The third kappa shape index (κ3) is 2.57. The Kier molecular flexibility index (Phi) is 3.34. The molecule has 1 saturated heterocycles. The van der Waals surface area contributed by atoms with Crippen LogP contribution in [0.15, 0.2) is 41.1 Å². The van der Waals surface area contributed by atoms with Crippen LogP contribution in [-0.2, 0) is 0 Å². The zero-order valence-electron chi connectivity index (χ0n) is 9.84. The van der Waals surface area contributed by atoms with Crippen LogP contribution < -0.4 is 10.1 Å². The third-order valence-corrected chi connectivity index (χ3v) is 3.53. The first-order valence-corrected chi connectivity index (χ1v) is 6.75. The van der Waals surface area contributed by atoms with Crippen molar-refractivity contribution in [2.75, 3.05) is 19.7 Å². The van der Waals surface area contributed by atoms with Gasteiger partial charge in [-0.25, -0.2) is 4.68 Å². The van der Waals surface area contributed by atoms with E-state index in [0.29, 0.717) is 5.92 Å². The molecule has 1 aliphatic rings. The lowest BCUT2D eigenvalue weighted by molar-refractivity contribution is 0.199. The van der Waals surface area contributed by atoms with Crippen molar-refractivity contribution >= 4 is 15.9 Å². The Labute approximate surface area is 114 Å². The van der Waals surface area contributed by atoms with Crippen molar-refractivity contribution in [3.63, 3.8) is 0 Å². The summed E-state index contributed by atoms with van der Waals surface area (Å²) >= 11 is 3.42. The van der Waals surface area contributed by atoms with Crippen molar-refractivity contribution in [1.82, 2.24) is 15.1 Å². The van der Waals surface area contributed by atoms with Gasteiger partial charge in [0.1, 0.15) is 0 Å². The topological polar surface area (TPSA) is 39.1 Å². The molecule has 0 amide bonds. The fraction of sp³-hybridized carbons (Fsp3) is 0.308. The normalized spacial score (nSPS) is 15.4. The first kappa shape index (κ1) is 11.7. The number of nitrogens with one attached hydrogen (secondary N) is 1. The van der Waals surface area contributed by atoms with E-state index in [9.17, 15) is 0 Å². The van der Waals surface area contributed by atoms with Crippen LogP contribution in [0.3, 0.4) is 0 Å². The van der Waals surface area contributed by atoms with Crippen molar-refractivity contribution in [1.29, 1.82) is 0 Å². The van der Waals surface area contributed by atoms with Crippen molar-refractivity contribution in [2.24, 2.45) is 5.92 Å². The lowest BCUT2D eigenvalue weighted by Crippen LogP contribution is -2.45. The molecule has 0 atom stereocenters. The van der Waals surface area contributed by atoms with Gasteiger partial charge in [0.15, 0.2) is 5.75 Å². The predicted molar refractivity (Wildman–Crippen MR) is 73.1 cm³/mol. The van der Waals surface area contributed by atoms with Gasteiger partial charge < -0.3 is 10.1 Å². The minimum atomic E-state index is 0.640. The smallest absolute Gasteiger partial charge is 0.157 e. The highest BCUT2D eigenvalue weighted by Crippen LogP contribution is 2.17. The van der Waals surface area contributed by atoms with Gasteiger partial charge in [-0.15, -0.1) is 0 Å². The molecule has 0 saturated carbocycles. The van der Waals surface area contributed by atoms with Gasteiger partial charge in [-0.3, -0.25) is 0 Å². The maximum absolute atomic E-state index is 5.70. The standard InChI is InChI=1S/C13H14BrN3O/c14-11-1-3-12(4-2-11)17-8-13(7-16-17)18-9-10-5-15-6-10/h1-4,7-8,10,15H,5-6,9H2. The fourth-order valence-electron chi connectivity index (χ4n) is 1.80. The number of hydrogen-bond donors (Lipinski definition) is 1. The number of halogens is 1. The van der Waals surface area contributed by atoms with Crippen LogP contribution in [-0.4, -0.2) is 29.5 Å². The van der Waals surface area contributed by atoms with Crippen LogP contribution in [0.25, 0.3) is 5.69 Å². The summed E-state index contributed by atoms with van der Waals surface area (Å²) in [6, 6.07) is 8.02. The maximum atomic E-state index is 5.70. The average Bonchev–Trinajstić information content (AvgIpc) is 2.77. The number of ether oxygens (including phenoxy) is 1. The zero-order valence-corrected chi connectivity index (χ0v) is 11.4. The first-order chi connectivity index (χ1) is 8.81. The molecule has 2 aromatic rings. The van der Waals surface area contributed by atoms with Gasteiger partial charge in [0.05, 0.1) is 24.7 Å². The number of aromatic nitrogens is 2. The largest absolute Gasteiger partial charge is 0.490 e. The highest BCUT2D eigenvalue weighted by molar-refractivity contribution is 9.10. The van der Waals surface area contributed by atoms with E-state index >= 15 is 0 Å². The lowest BCUT2D eigenvalue weighted by Gasteiger charge is -2.26. The molecule has 1 N–H and O–H groups in total. The lowest BCUT2D eigenvalue weighted by atomic mass is 10.1. The molecule has 1 fully saturated rings. The summed E-state index contributed by atoms with van der Waals surface area (Å²) in [6.07, 6.45) is 3.67. The first-order valence-electron chi connectivity index (χ1n) is 5.95. The van der Waals surface area contributed by atoms with Crippen molar-refractivity contribution in [3.05, 3.63) is 41.1 Å². The van der Waals surface area contributed by atoms with E-state index in [4.69, 9.17) is 4.74 Å². The summed E-state index contributed by atoms with van der Waals surface area (Å²) in [6.45, 7) is 2.88. The highest BCUT2D eigenvalue weighted by Gasteiger charge is 2.17. The van der Waals surface area contributed by atoms with E-state index in [1.165, 1.54) is 0 Å². The molecule has 4 nitrogen and oxygen atoms in total. The Hall–Kier alpha value is -1.33. The van der Waals surface area contributed by atoms with E-state index in [1.807, 2.05) is 35.1 Å². The fourth-order valence-corrected chi connectivity index (χ4v) is 2.06. The molecule has 94 valence electrons. The van der Waals surface area contributed by atoms with Crippen LogP contribution >= 0.6 is 15.9 Å². The number of hydrogen-bond acceptors (Lipinski definition) is 3. The molecule has 0 unspecified atom stereocenters. The molecule has 2 heterocycles. The molecule has 0 bridgehead atoms. The molecule has 0 radical (unpaired) electrons. The van der Waals surface area contributed by atoms with Crippen LogP contribution in [0.1, 0.15) is 0 Å². The number of rotatable bonds is 4. The maximum Gasteiger partial charge on any atom is 0.157 e. The molecule has 1 aromatic carbocycles. The van der Waals surface area contributed by atoms with Gasteiger partial charge in [0.2, 0.25) is 0 Å². The van der Waals surface area contributed by atoms with E-state index < -0.39 is 0 Å². The van der Waals surface area contributed by atoms with E-state index in [0.717, 1.165) is 35.6 Å². The molecule has 5 heteroatoms. The highest BCUT2D eigenvalue weighted by atomic mass is 79.9. The Bertz CT molecular complexity index is 519. The Morgan fingerprint density at radius 2 is 2.11 bits per heavy atom. The number of nitrogens with zero attached hydrogens (tertiary/aromatic N) is 2. The second kappa shape index (κ2) is 5.12. The van der Waals surface area contributed by atoms with Crippen molar-refractivity contribution < 1.29 is 4.74 Å². The monoisotopic (exact) mass is 307 g/mol. The molecule has 0 spiro atoms. The third-order valence-electron chi connectivity index (χ3n) is 3.00. The van der Waals surface area contributed by atoms with Crippen LogP contribution in [0.4, 0.5) is 0 Å². The molecule has 1 aliphatic heterocycles. The Balaban J connectivity index is 1.66. The van der Waals surface area contributed by atoms with Gasteiger partial charge in [0, 0.05) is 23.5 Å². The van der Waals surface area contributed by atoms with Gasteiger partial charge in [0.25, 0.3) is 0 Å². The van der Waals surface area contributed by atoms with Crippen molar-refractivity contribution in [3.8, 4) is 11.4 Å². The van der Waals surface area contributed by atoms with E-state index in [1.54, 1.807) is 6.20 Å². The molecule has 1 aromatic heterocycles. The molecule has 3 rings (SSSR count). The van der Waals surface area contributed by atoms with Crippen LogP contribution in [0.2, 0.25) is 0 Å². The molecular weight excluding hydrogens is 294 g/mol. The minimum Gasteiger partial charge on any atom is -0.490 e. The van der Waals surface area contributed by atoms with Gasteiger partial charge in [-0.1, -0.05) is 15.9 Å². The molecular formula is C13H14BrN3O. The average molecular weight is 308 g/mol. The Morgan fingerprint density at radius 1 is 1.33 bits per heavy atom. The zero-order chi connectivity index (χ0) is 12.4. The molecule has 0 aliphatic carbocycles. The Morgan fingerprint density at radius 3 is 2.78 bits per heavy atom. The van der Waals surface area contributed by atoms with E-state index in [-0.39, 0.29) is 0 Å². The number of benzene rings is 1. The van der Waals surface area contributed by atoms with E-state index in [2.05, 4.69) is 26.3 Å². The quantitative estimate of drug-likeness (QED) is 0.941. The van der Waals surface area contributed by atoms with Gasteiger partial charge in [-0.05, 0) is 24.3 Å². The summed E-state index contributed by atoms with van der Waals surface area (Å²) in [7, 11) is 0. The predicted octanol–water partition coefficient (Wildman–Crippen LogP) is 2.23. The summed E-state index contributed by atoms with van der Waals surface area (Å²) < 4.78 is 8.59. The SMILES string of the molecule is Brc1ccc(-n2cc(OCC3CNC3)cn2)cc1. The van der Waals surface area contributed by atoms with Gasteiger partial charge in [-0.2, -0.15) is 5.10 Å². The van der Waals surface area contributed by atoms with Crippen molar-refractivity contribution in [2.45, 2.75) is 0 Å². The second-order valence-corrected chi connectivity index (χ2v) is 5.35. The minimum absolute atomic E-state index is 0.640. The summed E-state index contributed by atoms with van der Waals surface area (Å²) in [5.74, 6) is 1.46. The molecule has 18 heavy (non-hydrogen) atoms. The summed E-state index contributed by atoms with van der Waals surface area (Å²) in [5, 5.41) is 7.53. The second-order valence-electron chi connectivity index (χ2n) is 4.43. The summed E-state index contributed by atoms with van der Waals surface area (Å²) in [5.41, 5.74) is 1.03. The summed E-state index contributed by atoms with van der Waals surface area (Å²) in [4.78, 5) is 0.